The number of amides is 1. The highest BCUT2D eigenvalue weighted by Gasteiger charge is 2.29. The molecule has 0 aliphatic heterocycles. The van der Waals surface area contributed by atoms with Crippen LogP contribution in [0.25, 0.3) is 0 Å². The molecule has 102 valence electrons. The van der Waals surface area contributed by atoms with Gasteiger partial charge in [-0.3, -0.25) is 4.79 Å². The minimum Gasteiger partial charge on any atom is -0.492 e. The van der Waals surface area contributed by atoms with Gasteiger partial charge >= 0.3 is 0 Å². The quantitative estimate of drug-likeness (QED) is 0.619. The minimum atomic E-state index is -0.0109. The van der Waals surface area contributed by atoms with Gasteiger partial charge in [0.1, 0.15) is 5.75 Å². The van der Waals surface area contributed by atoms with Gasteiger partial charge in [-0.15, -0.1) is 0 Å². The van der Waals surface area contributed by atoms with Crippen molar-refractivity contribution in [2.24, 2.45) is 11.0 Å². The van der Waals surface area contributed by atoms with Gasteiger partial charge in [0.15, 0.2) is 0 Å². The van der Waals surface area contributed by atoms with E-state index in [4.69, 9.17) is 4.74 Å². The Bertz CT molecular complexity index is 514. The lowest BCUT2D eigenvalue weighted by molar-refractivity contribution is -0.122. The van der Waals surface area contributed by atoms with E-state index in [1.165, 1.54) is 0 Å². The van der Waals surface area contributed by atoms with Crippen LogP contribution in [-0.4, -0.2) is 18.7 Å². The molecule has 0 aromatic heterocycles. The Hall–Kier alpha value is -0.880. The number of hydrogen-bond donors (Lipinski definition) is 1. The molecule has 1 aliphatic carbocycles. The van der Waals surface area contributed by atoms with Crippen molar-refractivity contribution in [2.45, 2.75) is 19.8 Å². The fourth-order valence-corrected chi connectivity index (χ4v) is 2.95. The van der Waals surface area contributed by atoms with Crippen molar-refractivity contribution in [3.63, 3.8) is 0 Å². The van der Waals surface area contributed by atoms with Gasteiger partial charge in [-0.25, -0.2) is 5.43 Å². The Balaban J connectivity index is 2.12. The first kappa shape index (κ1) is 14.5. The fourth-order valence-electron chi connectivity index (χ4n) is 1.58. The predicted octanol–water partition coefficient (Wildman–Crippen LogP) is 3.47. The molecular weight excluding hydrogens is 376 g/mol. The molecule has 0 spiro atoms. The molecule has 6 heteroatoms. The van der Waals surface area contributed by atoms with Crippen LogP contribution >= 0.6 is 31.9 Å². The number of hydrogen-bond acceptors (Lipinski definition) is 3. The minimum absolute atomic E-state index is 0.0109. The summed E-state index contributed by atoms with van der Waals surface area (Å²) in [4.78, 5) is 11.5. The van der Waals surface area contributed by atoms with Crippen LogP contribution in [-0.2, 0) is 4.79 Å². The molecule has 0 bridgehead atoms. The molecule has 0 heterocycles. The van der Waals surface area contributed by atoms with Crippen molar-refractivity contribution < 1.29 is 9.53 Å². The molecule has 1 N–H and O–H groups in total. The third-order valence-corrected chi connectivity index (χ3v) is 3.70. The fraction of sp³-hybridized carbons (Fsp3) is 0.385. The zero-order valence-electron chi connectivity index (χ0n) is 10.5. The lowest BCUT2D eigenvalue weighted by Crippen LogP contribution is -2.19. The second-order valence-corrected chi connectivity index (χ2v) is 6.02. The maximum atomic E-state index is 11.5. The molecule has 0 atom stereocenters. The molecular formula is C13H14Br2N2O2. The normalized spacial score (nSPS) is 14.7. The van der Waals surface area contributed by atoms with Crippen LogP contribution in [0.5, 0.6) is 5.75 Å². The van der Waals surface area contributed by atoms with Gasteiger partial charge < -0.3 is 4.74 Å². The van der Waals surface area contributed by atoms with Crippen molar-refractivity contribution in [1.29, 1.82) is 0 Å². The van der Waals surface area contributed by atoms with Crippen LogP contribution in [0.1, 0.15) is 25.3 Å². The Morgan fingerprint density at radius 2 is 2.26 bits per heavy atom. The van der Waals surface area contributed by atoms with Crippen molar-refractivity contribution in [3.8, 4) is 5.75 Å². The van der Waals surface area contributed by atoms with E-state index in [1.807, 2.05) is 19.1 Å². The Morgan fingerprint density at radius 1 is 1.53 bits per heavy atom. The first-order chi connectivity index (χ1) is 9.11. The van der Waals surface area contributed by atoms with Crippen LogP contribution in [0.2, 0.25) is 0 Å². The van der Waals surface area contributed by atoms with Gasteiger partial charge in [0.05, 0.1) is 17.3 Å². The maximum Gasteiger partial charge on any atom is 0.243 e. The van der Waals surface area contributed by atoms with Gasteiger partial charge in [-0.05, 0) is 47.8 Å². The largest absolute Gasteiger partial charge is 0.492 e. The lowest BCUT2D eigenvalue weighted by atomic mass is 10.2. The Kier molecular flexibility index (Phi) is 4.99. The number of ether oxygens (including phenoxy) is 1. The van der Waals surface area contributed by atoms with Crippen LogP contribution in [0.4, 0.5) is 0 Å². The average Bonchev–Trinajstić information content (AvgIpc) is 3.17. The second-order valence-electron chi connectivity index (χ2n) is 4.25. The molecule has 1 saturated carbocycles. The standard InChI is InChI=1S/C13H14Br2N2O2/c1-2-19-12-9(5-10(14)6-11(12)15)7-16-17-13(18)8-3-4-8/h5-8H,2-4H2,1H3,(H,17,18)/b16-7-. The highest BCUT2D eigenvalue weighted by Crippen LogP contribution is 2.32. The van der Waals surface area contributed by atoms with Crippen LogP contribution in [0, 0.1) is 5.92 Å². The summed E-state index contributed by atoms with van der Waals surface area (Å²) < 4.78 is 7.33. The first-order valence-electron chi connectivity index (χ1n) is 6.06. The molecule has 1 aromatic rings. The molecule has 19 heavy (non-hydrogen) atoms. The molecule has 0 saturated heterocycles. The highest BCUT2D eigenvalue weighted by atomic mass is 79.9. The zero-order chi connectivity index (χ0) is 13.8. The van der Waals surface area contributed by atoms with Gasteiger partial charge in [0, 0.05) is 16.0 Å². The van der Waals surface area contributed by atoms with E-state index in [0.717, 1.165) is 33.1 Å². The van der Waals surface area contributed by atoms with Crippen molar-refractivity contribution in [2.75, 3.05) is 6.61 Å². The van der Waals surface area contributed by atoms with E-state index >= 15 is 0 Å². The van der Waals surface area contributed by atoms with E-state index < -0.39 is 0 Å². The summed E-state index contributed by atoms with van der Waals surface area (Å²) in [5.74, 6) is 0.858. The smallest absolute Gasteiger partial charge is 0.243 e. The summed E-state index contributed by atoms with van der Waals surface area (Å²) in [5.41, 5.74) is 3.35. The third-order valence-electron chi connectivity index (χ3n) is 2.65. The number of hydrazone groups is 1. The summed E-state index contributed by atoms with van der Waals surface area (Å²) in [6.07, 6.45) is 3.53. The molecule has 0 radical (unpaired) electrons. The molecule has 1 aromatic carbocycles. The average molecular weight is 390 g/mol. The van der Waals surface area contributed by atoms with Gasteiger partial charge in [0.2, 0.25) is 5.91 Å². The van der Waals surface area contributed by atoms with Gasteiger partial charge in [-0.2, -0.15) is 5.10 Å². The lowest BCUT2D eigenvalue weighted by Gasteiger charge is -2.10. The molecule has 2 rings (SSSR count). The van der Waals surface area contributed by atoms with Gasteiger partial charge in [-0.1, -0.05) is 15.9 Å². The van der Waals surface area contributed by atoms with E-state index in [-0.39, 0.29) is 11.8 Å². The van der Waals surface area contributed by atoms with E-state index in [1.54, 1.807) is 6.21 Å². The number of carbonyl (C=O) groups is 1. The molecule has 1 amide bonds. The molecule has 0 unspecified atom stereocenters. The second kappa shape index (κ2) is 6.52. The topological polar surface area (TPSA) is 50.7 Å². The summed E-state index contributed by atoms with van der Waals surface area (Å²) in [5, 5.41) is 3.98. The number of rotatable bonds is 5. The maximum absolute atomic E-state index is 11.5. The van der Waals surface area contributed by atoms with E-state index in [2.05, 4.69) is 42.4 Å². The van der Waals surface area contributed by atoms with E-state index in [0.29, 0.717) is 6.61 Å². The zero-order valence-corrected chi connectivity index (χ0v) is 13.6. The third kappa shape index (κ3) is 4.04. The van der Waals surface area contributed by atoms with Crippen LogP contribution in [0.15, 0.2) is 26.2 Å². The molecule has 4 nitrogen and oxygen atoms in total. The van der Waals surface area contributed by atoms with Crippen LogP contribution < -0.4 is 10.2 Å². The van der Waals surface area contributed by atoms with Crippen LogP contribution in [0.3, 0.4) is 0 Å². The number of carbonyl (C=O) groups excluding carboxylic acids is 1. The predicted molar refractivity (Wildman–Crippen MR) is 81.5 cm³/mol. The Morgan fingerprint density at radius 3 is 2.89 bits per heavy atom. The van der Waals surface area contributed by atoms with Crippen molar-refractivity contribution >= 4 is 44.0 Å². The molecule has 1 fully saturated rings. The number of nitrogens with one attached hydrogen (secondary N) is 1. The van der Waals surface area contributed by atoms with Crippen molar-refractivity contribution in [1.82, 2.24) is 5.43 Å². The highest BCUT2D eigenvalue weighted by molar-refractivity contribution is 9.11. The number of nitrogens with zero attached hydrogens (tertiary/aromatic N) is 1. The van der Waals surface area contributed by atoms with Crippen molar-refractivity contribution in [3.05, 3.63) is 26.6 Å². The van der Waals surface area contributed by atoms with E-state index in [9.17, 15) is 4.79 Å². The summed E-state index contributed by atoms with van der Waals surface area (Å²) >= 11 is 6.87. The Labute approximate surface area is 128 Å². The summed E-state index contributed by atoms with van der Waals surface area (Å²) in [6, 6.07) is 3.80. The van der Waals surface area contributed by atoms with Gasteiger partial charge in [0.25, 0.3) is 0 Å². The first-order valence-corrected chi connectivity index (χ1v) is 7.65. The SMILES string of the molecule is CCOc1c(Br)cc(Br)cc1/C=N\NC(=O)C1CC1. The summed E-state index contributed by atoms with van der Waals surface area (Å²) in [7, 11) is 0. The summed E-state index contributed by atoms with van der Waals surface area (Å²) in [6.45, 7) is 2.49. The number of halogens is 2. The molecule has 1 aliphatic rings. The number of benzene rings is 1. The monoisotopic (exact) mass is 388 g/mol.